The Balaban J connectivity index is 2.35. The third kappa shape index (κ3) is 1.77. The highest BCUT2D eigenvalue weighted by atomic mass is 32.2. The van der Waals surface area contributed by atoms with E-state index in [1.54, 1.807) is 24.3 Å². The summed E-state index contributed by atoms with van der Waals surface area (Å²) in [7, 11) is -4.42. The Morgan fingerprint density at radius 1 is 0.750 bits per heavy atom. The molecule has 0 bridgehead atoms. The first-order valence-electron chi connectivity index (χ1n) is 5.69. The molecule has 0 saturated heterocycles. The minimum Gasteiger partial charge on any atom is -0.285 e. The van der Waals surface area contributed by atoms with Crippen molar-refractivity contribution in [3.63, 3.8) is 0 Å². The van der Waals surface area contributed by atoms with Crippen molar-refractivity contribution >= 4 is 21.7 Å². The van der Waals surface area contributed by atoms with Crippen molar-refractivity contribution in [2.75, 3.05) is 0 Å². The highest BCUT2D eigenvalue weighted by Crippen LogP contribution is 2.34. The topological polar surface area (TPSA) is 88.5 Å². The van der Waals surface area contributed by atoms with Crippen LogP contribution in [0.5, 0.6) is 0 Å². The van der Waals surface area contributed by atoms with E-state index in [2.05, 4.69) is 0 Å². The van der Waals surface area contributed by atoms with Gasteiger partial charge >= 0.3 is 0 Å². The minimum absolute atomic E-state index is 0.0103. The fraction of sp³-hybridized carbons (Fsp3) is 0. The molecule has 2 aromatic rings. The molecular weight excluding hydrogens is 280 g/mol. The van der Waals surface area contributed by atoms with Gasteiger partial charge in [-0.25, -0.2) is 0 Å². The zero-order valence-corrected chi connectivity index (χ0v) is 10.8. The third-order valence-corrected chi connectivity index (χ3v) is 4.05. The highest BCUT2D eigenvalue weighted by molar-refractivity contribution is 7.85. The zero-order chi connectivity index (χ0) is 14.5. The summed E-state index contributed by atoms with van der Waals surface area (Å²) >= 11 is 0. The van der Waals surface area contributed by atoms with Crippen LogP contribution in [0.25, 0.3) is 11.1 Å². The van der Waals surface area contributed by atoms with Gasteiger partial charge in [0.05, 0.1) is 4.90 Å². The lowest BCUT2D eigenvalue weighted by Crippen LogP contribution is -2.21. The number of hydrogen-bond donors (Lipinski definition) is 1. The van der Waals surface area contributed by atoms with E-state index < -0.39 is 26.6 Å². The number of benzene rings is 2. The van der Waals surface area contributed by atoms with Crippen LogP contribution >= 0.6 is 0 Å². The van der Waals surface area contributed by atoms with Gasteiger partial charge in [0.2, 0.25) is 11.6 Å². The summed E-state index contributed by atoms with van der Waals surface area (Å²) < 4.78 is 31.2. The molecule has 1 N–H and O–H groups in total. The number of rotatable bonds is 1. The first-order valence-corrected chi connectivity index (χ1v) is 7.13. The summed E-state index contributed by atoms with van der Waals surface area (Å²) in [6.07, 6.45) is 0. The molecule has 1 aliphatic rings. The quantitative estimate of drug-likeness (QED) is 0.640. The van der Waals surface area contributed by atoms with Crippen LogP contribution in [0.2, 0.25) is 0 Å². The molecule has 0 fully saturated rings. The van der Waals surface area contributed by atoms with Gasteiger partial charge in [0.25, 0.3) is 10.1 Å². The molecule has 0 spiro atoms. The number of fused-ring (bicyclic) bond motifs is 3. The van der Waals surface area contributed by atoms with Gasteiger partial charge in [0.15, 0.2) is 0 Å². The van der Waals surface area contributed by atoms with E-state index in [0.29, 0.717) is 16.7 Å². The summed E-state index contributed by atoms with van der Waals surface area (Å²) in [6.45, 7) is 0. The van der Waals surface area contributed by atoms with E-state index in [9.17, 15) is 18.0 Å². The normalized spacial score (nSPS) is 13.8. The van der Waals surface area contributed by atoms with Crippen LogP contribution in [0, 0.1) is 0 Å². The fourth-order valence-corrected chi connectivity index (χ4v) is 2.77. The lowest BCUT2D eigenvalue weighted by Gasteiger charge is -2.17. The largest absolute Gasteiger partial charge is 0.294 e. The summed E-state index contributed by atoms with van der Waals surface area (Å²) in [4.78, 5) is 23.6. The third-order valence-electron chi connectivity index (χ3n) is 3.20. The standard InChI is InChI=1S/C14H8O5S/c15-13-11-4-2-1-3-9(11)10-6-5-8(20(17,18)19)7-12(10)14(13)16/h1-7H,(H,17,18,19). The number of carbonyl (C=O) groups excluding carboxylic acids is 2. The maximum atomic E-state index is 12.0. The number of ketones is 2. The molecule has 2 aromatic carbocycles. The van der Waals surface area contributed by atoms with Gasteiger partial charge in [-0.1, -0.05) is 30.3 Å². The van der Waals surface area contributed by atoms with Crippen molar-refractivity contribution in [1.29, 1.82) is 0 Å². The van der Waals surface area contributed by atoms with Crippen LogP contribution in [0.3, 0.4) is 0 Å². The first kappa shape index (κ1) is 12.7. The van der Waals surface area contributed by atoms with Gasteiger partial charge in [-0.15, -0.1) is 0 Å². The molecule has 3 rings (SSSR count). The molecule has 20 heavy (non-hydrogen) atoms. The Morgan fingerprint density at radius 2 is 1.30 bits per heavy atom. The molecule has 0 aromatic heterocycles. The van der Waals surface area contributed by atoms with E-state index >= 15 is 0 Å². The summed E-state index contributed by atoms with van der Waals surface area (Å²) in [5.41, 5.74) is 1.35. The minimum atomic E-state index is -4.42. The second-order valence-electron chi connectivity index (χ2n) is 4.39. The molecule has 0 unspecified atom stereocenters. The van der Waals surface area contributed by atoms with Gasteiger partial charge in [0.1, 0.15) is 0 Å². The van der Waals surface area contributed by atoms with Crippen LogP contribution in [0.1, 0.15) is 20.7 Å². The van der Waals surface area contributed by atoms with E-state index in [-0.39, 0.29) is 5.56 Å². The Kier molecular flexibility index (Phi) is 2.60. The van der Waals surface area contributed by atoms with Gasteiger partial charge < -0.3 is 0 Å². The van der Waals surface area contributed by atoms with E-state index in [1.165, 1.54) is 12.1 Å². The molecular formula is C14H8O5S. The lowest BCUT2D eigenvalue weighted by molar-refractivity contribution is 0.0815. The average Bonchev–Trinajstić information content (AvgIpc) is 2.43. The van der Waals surface area contributed by atoms with Crippen LogP contribution in [0.15, 0.2) is 47.4 Å². The molecule has 100 valence electrons. The molecule has 0 saturated carbocycles. The predicted octanol–water partition coefficient (Wildman–Crippen LogP) is 1.98. The van der Waals surface area contributed by atoms with Crippen LogP contribution in [0.4, 0.5) is 0 Å². The van der Waals surface area contributed by atoms with Crippen molar-refractivity contribution in [2.45, 2.75) is 4.90 Å². The van der Waals surface area contributed by atoms with Gasteiger partial charge in [0, 0.05) is 11.1 Å². The monoisotopic (exact) mass is 288 g/mol. The maximum Gasteiger partial charge on any atom is 0.294 e. The molecule has 0 heterocycles. The molecule has 0 amide bonds. The lowest BCUT2D eigenvalue weighted by atomic mass is 9.84. The van der Waals surface area contributed by atoms with Crippen molar-refractivity contribution in [3.8, 4) is 11.1 Å². The molecule has 0 aliphatic heterocycles. The summed E-state index contributed by atoms with van der Waals surface area (Å²) in [5.74, 6) is -1.45. The second-order valence-corrected chi connectivity index (χ2v) is 5.81. The van der Waals surface area contributed by atoms with Crippen molar-refractivity contribution in [2.24, 2.45) is 0 Å². The highest BCUT2D eigenvalue weighted by Gasteiger charge is 2.31. The molecule has 0 atom stereocenters. The van der Waals surface area contributed by atoms with E-state index in [1.807, 2.05) is 0 Å². The Morgan fingerprint density at radius 3 is 1.95 bits per heavy atom. The molecule has 5 nitrogen and oxygen atoms in total. The van der Waals surface area contributed by atoms with Crippen LogP contribution in [-0.4, -0.2) is 24.5 Å². The smallest absolute Gasteiger partial charge is 0.285 e. The Hall–Kier alpha value is -2.31. The Bertz CT molecular complexity index is 865. The van der Waals surface area contributed by atoms with Gasteiger partial charge in [-0.3, -0.25) is 14.1 Å². The van der Waals surface area contributed by atoms with Crippen molar-refractivity contribution in [3.05, 3.63) is 53.6 Å². The van der Waals surface area contributed by atoms with Crippen LogP contribution in [-0.2, 0) is 10.1 Å². The molecule has 6 heteroatoms. The van der Waals surface area contributed by atoms with E-state index in [4.69, 9.17) is 4.55 Å². The molecule has 1 aliphatic carbocycles. The zero-order valence-electron chi connectivity index (χ0n) is 10.0. The summed E-state index contributed by atoms with van der Waals surface area (Å²) in [6, 6.07) is 10.3. The van der Waals surface area contributed by atoms with E-state index in [0.717, 1.165) is 6.07 Å². The number of carbonyl (C=O) groups is 2. The fourth-order valence-electron chi connectivity index (χ4n) is 2.27. The SMILES string of the molecule is O=C1C(=O)c2cc(S(=O)(=O)O)ccc2-c2ccccc21. The first-order chi connectivity index (χ1) is 9.39. The maximum absolute atomic E-state index is 12.0. The van der Waals surface area contributed by atoms with Crippen molar-refractivity contribution in [1.82, 2.24) is 0 Å². The number of hydrogen-bond acceptors (Lipinski definition) is 4. The van der Waals surface area contributed by atoms with Crippen LogP contribution < -0.4 is 0 Å². The predicted molar refractivity (Wildman–Crippen MR) is 70.4 cm³/mol. The van der Waals surface area contributed by atoms with Gasteiger partial charge in [-0.2, -0.15) is 8.42 Å². The average molecular weight is 288 g/mol. The second kappa shape index (κ2) is 4.09. The van der Waals surface area contributed by atoms with Gasteiger partial charge in [-0.05, 0) is 23.3 Å². The Labute approximate surface area is 114 Å². The molecule has 0 radical (unpaired) electrons. The van der Waals surface area contributed by atoms with Crippen molar-refractivity contribution < 1.29 is 22.6 Å². The number of Topliss-reactive ketones (excluding diaryl/α,β-unsaturated/α-hetero) is 2. The summed E-state index contributed by atoms with van der Waals surface area (Å²) in [5, 5.41) is 0.